The van der Waals surface area contributed by atoms with Gasteiger partial charge in [0.2, 0.25) is 0 Å². The first-order valence-electron chi connectivity index (χ1n) is 6.22. The summed E-state index contributed by atoms with van der Waals surface area (Å²) in [7, 11) is 1.74. The van der Waals surface area contributed by atoms with Gasteiger partial charge in [-0.2, -0.15) is 0 Å². The summed E-state index contributed by atoms with van der Waals surface area (Å²) in [5.74, 6) is -1.76. The highest BCUT2D eigenvalue weighted by Gasteiger charge is 2.11. The third-order valence-electron chi connectivity index (χ3n) is 3.19. The number of benzene rings is 2. The van der Waals surface area contributed by atoms with Crippen molar-refractivity contribution in [3.63, 3.8) is 0 Å². The lowest BCUT2D eigenvalue weighted by atomic mass is 10.1. The Balaban J connectivity index is 2.29. The van der Waals surface area contributed by atoms with Crippen LogP contribution in [0, 0.1) is 11.6 Å². The van der Waals surface area contributed by atoms with Gasteiger partial charge in [-0.3, -0.25) is 0 Å². The molecule has 3 rings (SSSR count). The number of aromatic nitrogens is 1. The van der Waals surface area contributed by atoms with Gasteiger partial charge in [0.1, 0.15) is 0 Å². The van der Waals surface area contributed by atoms with E-state index in [0.29, 0.717) is 22.3 Å². The zero-order valence-corrected chi connectivity index (χ0v) is 10.8. The van der Waals surface area contributed by atoms with Crippen molar-refractivity contribution in [2.24, 2.45) is 0 Å². The van der Waals surface area contributed by atoms with Gasteiger partial charge in [-0.1, -0.05) is 30.3 Å². The molecule has 1 heterocycles. The van der Waals surface area contributed by atoms with Crippen LogP contribution in [0.25, 0.3) is 22.2 Å². The van der Waals surface area contributed by atoms with Crippen molar-refractivity contribution < 1.29 is 8.78 Å². The molecule has 2 aromatic carbocycles. The number of nitrogens with zero attached hydrogens (tertiary/aromatic N) is 1. The number of fused-ring (bicyclic) bond motifs is 1. The molecule has 0 atom stereocenters. The Hall–Kier alpha value is -2.49. The topological polar surface area (TPSA) is 24.9 Å². The van der Waals surface area contributed by atoms with E-state index in [1.165, 1.54) is 0 Å². The van der Waals surface area contributed by atoms with Crippen LogP contribution in [0.3, 0.4) is 0 Å². The van der Waals surface area contributed by atoms with Crippen molar-refractivity contribution in [3.8, 4) is 11.3 Å². The second kappa shape index (κ2) is 4.89. The molecule has 0 aliphatic carbocycles. The Morgan fingerprint density at radius 3 is 2.35 bits per heavy atom. The average Bonchev–Trinajstić information content (AvgIpc) is 2.48. The number of nitrogens with one attached hydrogen (secondary N) is 1. The summed E-state index contributed by atoms with van der Waals surface area (Å²) >= 11 is 0. The predicted molar refractivity (Wildman–Crippen MR) is 76.6 cm³/mol. The Kier molecular flexibility index (Phi) is 3.06. The smallest absolute Gasteiger partial charge is 0.161 e. The molecule has 1 N–H and O–H groups in total. The standard InChI is InChI=1S/C16H12F2N2/c1-19-15-9-14(10-5-3-2-4-6-10)20-16-8-13(18)12(17)7-11(15)16/h2-9H,1H3,(H,19,20). The number of halogens is 2. The number of rotatable bonds is 2. The van der Waals surface area contributed by atoms with Gasteiger partial charge in [0.05, 0.1) is 11.2 Å². The third kappa shape index (κ3) is 2.09. The van der Waals surface area contributed by atoms with Crippen molar-refractivity contribution in [1.29, 1.82) is 0 Å². The molecule has 0 bridgehead atoms. The summed E-state index contributed by atoms with van der Waals surface area (Å²) < 4.78 is 26.7. The number of hydrogen-bond acceptors (Lipinski definition) is 2. The Bertz CT molecular complexity index is 770. The van der Waals surface area contributed by atoms with Crippen molar-refractivity contribution in [2.45, 2.75) is 0 Å². The molecule has 2 nitrogen and oxygen atoms in total. The molecule has 100 valence electrons. The Morgan fingerprint density at radius 2 is 1.65 bits per heavy atom. The molecule has 20 heavy (non-hydrogen) atoms. The summed E-state index contributed by atoms with van der Waals surface area (Å²) in [6, 6.07) is 13.7. The van der Waals surface area contributed by atoms with Crippen LogP contribution in [-0.2, 0) is 0 Å². The largest absolute Gasteiger partial charge is 0.388 e. The molecule has 0 amide bonds. The minimum absolute atomic E-state index is 0.426. The molecular formula is C16H12F2N2. The fraction of sp³-hybridized carbons (Fsp3) is 0.0625. The van der Waals surface area contributed by atoms with E-state index in [1.807, 2.05) is 36.4 Å². The molecule has 3 aromatic rings. The van der Waals surface area contributed by atoms with Crippen molar-refractivity contribution >= 4 is 16.6 Å². The SMILES string of the molecule is CNc1cc(-c2ccccc2)nc2cc(F)c(F)cc12. The molecule has 0 saturated heterocycles. The fourth-order valence-corrected chi connectivity index (χ4v) is 2.18. The zero-order chi connectivity index (χ0) is 14.1. The van der Waals surface area contributed by atoms with Crippen LogP contribution < -0.4 is 5.32 Å². The van der Waals surface area contributed by atoms with E-state index in [2.05, 4.69) is 10.3 Å². The Labute approximate surface area is 115 Å². The minimum Gasteiger partial charge on any atom is -0.388 e. The number of pyridine rings is 1. The van der Waals surface area contributed by atoms with Crippen molar-refractivity contribution in [1.82, 2.24) is 4.98 Å². The van der Waals surface area contributed by atoms with E-state index in [4.69, 9.17) is 0 Å². The quantitative estimate of drug-likeness (QED) is 0.754. The van der Waals surface area contributed by atoms with Gasteiger partial charge in [-0.15, -0.1) is 0 Å². The maximum Gasteiger partial charge on any atom is 0.161 e. The van der Waals surface area contributed by atoms with Crippen LogP contribution >= 0.6 is 0 Å². The van der Waals surface area contributed by atoms with Gasteiger partial charge < -0.3 is 5.32 Å². The van der Waals surface area contributed by atoms with Gasteiger partial charge in [-0.25, -0.2) is 13.8 Å². The van der Waals surface area contributed by atoms with Crippen molar-refractivity contribution in [3.05, 3.63) is 60.2 Å². The molecule has 4 heteroatoms. The molecular weight excluding hydrogens is 258 g/mol. The van der Waals surface area contributed by atoms with Crippen LogP contribution in [-0.4, -0.2) is 12.0 Å². The molecule has 0 aliphatic heterocycles. The lowest BCUT2D eigenvalue weighted by Gasteiger charge is -2.10. The second-order valence-electron chi connectivity index (χ2n) is 4.45. The first-order chi connectivity index (χ1) is 9.69. The molecule has 0 fully saturated rings. The lowest BCUT2D eigenvalue weighted by Crippen LogP contribution is -1.96. The lowest BCUT2D eigenvalue weighted by molar-refractivity contribution is 0.510. The molecule has 0 spiro atoms. The van der Waals surface area contributed by atoms with Crippen LogP contribution in [0.1, 0.15) is 0 Å². The minimum atomic E-state index is -0.891. The first-order valence-corrected chi connectivity index (χ1v) is 6.22. The molecule has 0 aliphatic rings. The van der Waals surface area contributed by atoms with Crippen LogP contribution in [0.2, 0.25) is 0 Å². The number of anilines is 1. The second-order valence-corrected chi connectivity index (χ2v) is 4.45. The van der Waals surface area contributed by atoms with Gasteiger partial charge in [0, 0.05) is 29.8 Å². The van der Waals surface area contributed by atoms with E-state index in [0.717, 1.165) is 17.7 Å². The molecule has 0 saturated carbocycles. The van der Waals surface area contributed by atoms with Gasteiger partial charge in [-0.05, 0) is 12.1 Å². The fourth-order valence-electron chi connectivity index (χ4n) is 2.18. The molecule has 1 aromatic heterocycles. The van der Waals surface area contributed by atoms with Crippen LogP contribution in [0.5, 0.6) is 0 Å². The van der Waals surface area contributed by atoms with E-state index >= 15 is 0 Å². The van der Waals surface area contributed by atoms with Gasteiger partial charge in [0.25, 0.3) is 0 Å². The van der Waals surface area contributed by atoms with Crippen LogP contribution in [0.15, 0.2) is 48.5 Å². The van der Waals surface area contributed by atoms with Crippen LogP contribution in [0.4, 0.5) is 14.5 Å². The zero-order valence-electron chi connectivity index (χ0n) is 10.8. The summed E-state index contributed by atoms with van der Waals surface area (Å²) in [5, 5.41) is 3.56. The maximum absolute atomic E-state index is 13.4. The highest BCUT2D eigenvalue weighted by atomic mass is 19.2. The van der Waals surface area contributed by atoms with Gasteiger partial charge >= 0.3 is 0 Å². The van der Waals surface area contributed by atoms with Crippen molar-refractivity contribution in [2.75, 3.05) is 12.4 Å². The van der Waals surface area contributed by atoms with E-state index in [9.17, 15) is 8.78 Å². The Morgan fingerprint density at radius 1 is 0.950 bits per heavy atom. The summed E-state index contributed by atoms with van der Waals surface area (Å²) in [4.78, 5) is 4.41. The van der Waals surface area contributed by atoms with Gasteiger partial charge in [0.15, 0.2) is 11.6 Å². The van der Waals surface area contributed by atoms with E-state index in [-0.39, 0.29) is 0 Å². The normalized spacial score (nSPS) is 10.8. The summed E-state index contributed by atoms with van der Waals surface area (Å²) in [5.41, 5.74) is 2.78. The first kappa shape index (κ1) is 12.5. The predicted octanol–water partition coefficient (Wildman–Crippen LogP) is 4.22. The molecule has 0 radical (unpaired) electrons. The highest BCUT2D eigenvalue weighted by Crippen LogP contribution is 2.29. The average molecular weight is 270 g/mol. The number of hydrogen-bond donors (Lipinski definition) is 1. The third-order valence-corrected chi connectivity index (χ3v) is 3.19. The van der Waals surface area contributed by atoms with E-state index < -0.39 is 11.6 Å². The summed E-state index contributed by atoms with van der Waals surface area (Å²) in [6.07, 6.45) is 0. The van der Waals surface area contributed by atoms with E-state index in [1.54, 1.807) is 7.05 Å². The monoisotopic (exact) mass is 270 g/mol. The summed E-state index contributed by atoms with van der Waals surface area (Å²) in [6.45, 7) is 0. The highest BCUT2D eigenvalue weighted by molar-refractivity contribution is 5.93. The molecule has 0 unspecified atom stereocenters. The maximum atomic E-state index is 13.4.